The average molecular weight is 369 g/mol. The molecule has 150 valence electrons. The average Bonchev–Trinajstić information content (AvgIpc) is 2.72. The van der Waals surface area contributed by atoms with Gasteiger partial charge in [0.2, 0.25) is 11.8 Å². The Bertz CT molecular complexity index is 532. The summed E-state index contributed by atoms with van der Waals surface area (Å²) in [6.45, 7) is 8.95. The maximum Gasteiger partial charge on any atom is 0.220 e. The molecule has 6 heteroatoms. The number of hydrogen-bond acceptors (Lipinski definition) is 4. The lowest BCUT2D eigenvalue weighted by atomic mass is 9.57. The van der Waals surface area contributed by atoms with E-state index in [4.69, 9.17) is 4.74 Å². The molecule has 2 amide bonds. The van der Waals surface area contributed by atoms with E-state index >= 15 is 0 Å². The molecule has 6 nitrogen and oxygen atoms in total. The first-order valence-electron chi connectivity index (χ1n) is 9.77. The summed E-state index contributed by atoms with van der Waals surface area (Å²) in [5.41, 5.74) is -0.780. The summed E-state index contributed by atoms with van der Waals surface area (Å²) in [4.78, 5) is 24.1. The fourth-order valence-electron chi connectivity index (χ4n) is 5.41. The highest BCUT2D eigenvalue weighted by Crippen LogP contribution is 2.63. The second-order valence-corrected chi connectivity index (χ2v) is 9.28. The van der Waals surface area contributed by atoms with Gasteiger partial charge in [-0.1, -0.05) is 13.8 Å². The number of ether oxygens (including phenoxy) is 1. The van der Waals surface area contributed by atoms with Crippen LogP contribution in [-0.2, 0) is 14.3 Å². The van der Waals surface area contributed by atoms with E-state index in [-0.39, 0.29) is 34.6 Å². The van der Waals surface area contributed by atoms with Gasteiger partial charge in [0.05, 0.1) is 12.2 Å². The summed E-state index contributed by atoms with van der Waals surface area (Å²) in [5, 5.41) is 16.7. The summed E-state index contributed by atoms with van der Waals surface area (Å²) < 4.78 is 4.98. The van der Waals surface area contributed by atoms with Gasteiger partial charge in [-0.15, -0.1) is 0 Å². The van der Waals surface area contributed by atoms with Gasteiger partial charge in [-0.05, 0) is 55.8 Å². The number of hydrogen-bond donors (Lipinski definition) is 3. The Balaban J connectivity index is 2.19. The van der Waals surface area contributed by atoms with E-state index in [2.05, 4.69) is 24.5 Å². The molecule has 0 spiro atoms. The summed E-state index contributed by atoms with van der Waals surface area (Å²) in [6.07, 6.45) is 4.33. The predicted octanol–water partition coefficient (Wildman–Crippen LogP) is 2.00. The smallest absolute Gasteiger partial charge is 0.220 e. The van der Waals surface area contributed by atoms with Crippen LogP contribution >= 0.6 is 0 Å². The first-order chi connectivity index (χ1) is 12.0. The lowest BCUT2D eigenvalue weighted by Gasteiger charge is -2.50. The van der Waals surface area contributed by atoms with Crippen LogP contribution in [0.15, 0.2) is 0 Å². The van der Waals surface area contributed by atoms with E-state index in [1.807, 2.05) is 6.92 Å². The van der Waals surface area contributed by atoms with E-state index in [9.17, 15) is 14.7 Å². The number of aliphatic hydroxyl groups is 1. The number of nitrogens with one attached hydrogen (secondary N) is 2. The van der Waals surface area contributed by atoms with Gasteiger partial charge >= 0.3 is 0 Å². The van der Waals surface area contributed by atoms with Crippen molar-refractivity contribution < 1.29 is 19.4 Å². The highest BCUT2D eigenvalue weighted by molar-refractivity contribution is 5.76. The molecule has 0 unspecified atom stereocenters. The summed E-state index contributed by atoms with van der Waals surface area (Å²) in [5.74, 6) is 0.286. The van der Waals surface area contributed by atoms with Gasteiger partial charge in [0, 0.05) is 33.0 Å². The number of methoxy groups -OCH3 is 1. The molecule has 0 aromatic heterocycles. The normalized spacial score (nSPS) is 35.6. The molecule has 2 aliphatic carbocycles. The minimum atomic E-state index is -0.669. The molecule has 2 aliphatic rings. The highest BCUT2D eigenvalue weighted by atomic mass is 16.5. The lowest BCUT2D eigenvalue weighted by Crippen LogP contribution is -2.52. The molecule has 26 heavy (non-hydrogen) atoms. The summed E-state index contributed by atoms with van der Waals surface area (Å²) in [7, 11) is 1.61. The third kappa shape index (κ3) is 4.58. The van der Waals surface area contributed by atoms with E-state index in [1.165, 1.54) is 0 Å². The van der Waals surface area contributed by atoms with Crippen molar-refractivity contribution in [2.75, 3.05) is 20.3 Å². The minimum Gasteiger partial charge on any atom is -0.390 e. The molecule has 0 aromatic carbocycles. The monoisotopic (exact) mass is 368 g/mol. The Kier molecular flexibility index (Phi) is 6.39. The van der Waals surface area contributed by atoms with Crippen molar-refractivity contribution in [1.29, 1.82) is 0 Å². The number of fused-ring (bicyclic) bond motifs is 1. The zero-order valence-electron chi connectivity index (χ0n) is 17.0. The lowest BCUT2D eigenvalue weighted by molar-refractivity contribution is -0.124. The van der Waals surface area contributed by atoms with Crippen LogP contribution in [0.4, 0.5) is 0 Å². The van der Waals surface area contributed by atoms with Crippen molar-refractivity contribution in [2.24, 2.45) is 16.7 Å². The number of carbonyl (C=O) groups excluding carboxylic acids is 2. The highest BCUT2D eigenvalue weighted by Gasteiger charge is 2.61. The Morgan fingerprint density at radius 1 is 1.19 bits per heavy atom. The van der Waals surface area contributed by atoms with E-state index in [0.717, 1.165) is 25.7 Å². The first kappa shape index (κ1) is 21.2. The molecule has 0 saturated heterocycles. The quantitative estimate of drug-likeness (QED) is 0.600. The van der Waals surface area contributed by atoms with Crippen molar-refractivity contribution in [3.05, 3.63) is 0 Å². The van der Waals surface area contributed by atoms with Crippen LogP contribution in [0.5, 0.6) is 0 Å². The number of rotatable bonds is 7. The Morgan fingerprint density at radius 2 is 1.88 bits per heavy atom. The molecule has 2 saturated carbocycles. The van der Waals surface area contributed by atoms with Crippen LogP contribution in [-0.4, -0.2) is 48.8 Å². The van der Waals surface area contributed by atoms with Crippen LogP contribution in [0.3, 0.4) is 0 Å². The van der Waals surface area contributed by atoms with Crippen LogP contribution in [0, 0.1) is 16.7 Å². The van der Waals surface area contributed by atoms with E-state index in [0.29, 0.717) is 26.0 Å². The van der Waals surface area contributed by atoms with E-state index < -0.39 is 5.60 Å². The van der Waals surface area contributed by atoms with Crippen molar-refractivity contribution in [3.63, 3.8) is 0 Å². The second-order valence-electron chi connectivity index (χ2n) is 9.28. The fourth-order valence-corrected chi connectivity index (χ4v) is 5.41. The van der Waals surface area contributed by atoms with Crippen molar-refractivity contribution in [1.82, 2.24) is 10.6 Å². The number of amides is 2. The van der Waals surface area contributed by atoms with Crippen LogP contribution in [0.25, 0.3) is 0 Å². The minimum absolute atomic E-state index is 0.0179. The summed E-state index contributed by atoms with van der Waals surface area (Å²) >= 11 is 0. The molecule has 3 N–H and O–H groups in total. The number of carbonyl (C=O) groups is 2. The standard InChI is InChI=1S/C20H36N2O4/c1-14(23)22-16-13-18(2,3)15-12-19(4,25)8-9-20(15,16)7-6-17(24)21-10-11-26-5/h15-16,25H,6-13H2,1-5H3,(H,21,24)(H,22,23)/t15-,16-,19-,20-/m0/s1. The Labute approximate surface area is 157 Å². The van der Waals surface area contributed by atoms with Gasteiger partial charge < -0.3 is 20.5 Å². The molecule has 0 radical (unpaired) electrons. The van der Waals surface area contributed by atoms with Crippen molar-refractivity contribution in [3.8, 4) is 0 Å². The first-order valence-corrected chi connectivity index (χ1v) is 9.77. The van der Waals surface area contributed by atoms with Gasteiger partial charge in [0.15, 0.2) is 0 Å². The van der Waals surface area contributed by atoms with Crippen LogP contribution in [0.1, 0.15) is 66.2 Å². The molecule has 2 fully saturated rings. The van der Waals surface area contributed by atoms with Gasteiger partial charge in [-0.2, -0.15) is 0 Å². The Hall–Kier alpha value is -1.14. The Morgan fingerprint density at radius 3 is 2.50 bits per heavy atom. The predicted molar refractivity (Wildman–Crippen MR) is 101 cm³/mol. The maximum absolute atomic E-state index is 12.3. The summed E-state index contributed by atoms with van der Waals surface area (Å²) in [6, 6.07) is 0.0582. The largest absolute Gasteiger partial charge is 0.390 e. The van der Waals surface area contributed by atoms with Crippen molar-refractivity contribution >= 4 is 11.8 Å². The van der Waals surface area contributed by atoms with Gasteiger partial charge in [0.1, 0.15) is 0 Å². The SMILES string of the molecule is COCCNC(=O)CC[C@]12CC[C@](C)(O)C[C@H]1C(C)(C)C[C@@H]2NC(C)=O. The zero-order chi connectivity index (χ0) is 19.6. The molecule has 0 bridgehead atoms. The molecule has 0 aliphatic heterocycles. The fraction of sp³-hybridized carbons (Fsp3) is 0.900. The molecule has 4 atom stereocenters. The topological polar surface area (TPSA) is 87.7 Å². The molecule has 0 heterocycles. The zero-order valence-corrected chi connectivity index (χ0v) is 17.0. The van der Waals surface area contributed by atoms with Crippen molar-refractivity contribution in [2.45, 2.75) is 77.9 Å². The van der Waals surface area contributed by atoms with Gasteiger partial charge in [-0.3, -0.25) is 9.59 Å². The third-order valence-electron chi connectivity index (χ3n) is 6.66. The maximum atomic E-state index is 12.3. The van der Waals surface area contributed by atoms with Gasteiger partial charge in [-0.25, -0.2) is 0 Å². The van der Waals surface area contributed by atoms with Gasteiger partial charge in [0.25, 0.3) is 0 Å². The molecular formula is C20H36N2O4. The molecular weight excluding hydrogens is 332 g/mol. The van der Waals surface area contributed by atoms with E-state index in [1.54, 1.807) is 14.0 Å². The molecule has 2 rings (SSSR count). The molecule has 0 aromatic rings. The third-order valence-corrected chi connectivity index (χ3v) is 6.66. The second kappa shape index (κ2) is 7.85. The van der Waals surface area contributed by atoms with Crippen LogP contribution < -0.4 is 10.6 Å². The van der Waals surface area contributed by atoms with Crippen LogP contribution in [0.2, 0.25) is 0 Å².